The Hall–Kier alpha value is -1.72. The minimum Gasteiger partial charge on any atom is -0.448 e. The smallest absolute Gasteiger partial charge is 0.448 e. The van der Waals surface area contributed by atoms with Gasteiger partial charge in [0.1, 0.15) is 0 Å². The van der Waals surface area contributed by atoms with Crippen LogP contribution in [0.4, 0.5) is 13.2 Å². The zero-order valence-corrected chi connectivity index (χ0v) is 11.6. The SMILES string of the molecule is CC(C)(C)C1(C)Oc2cccc(C(=O)C(F)(F)F)c2O1. The molecule has 0 spiro atoms. The van der Waals surface area contributed by atoms with Crippen LogP contribution >= 0.6 is 0 Å². The molecule has 1 unspecified atom stereocenters. The van der Waals surface area contributed by atoms with Crippen molar-refractivity contribution in [3.8, 4) is 11.5 Å². The molecule has 0 saturated carbocycles. The van der Waals surface area contributed by atoms with Crippen molar-refractivity contribution in [1.29, 1.82) is 0 Å². The lowest BCUT2D eigenvalue weighted by Crippen LogP contribution is -2.47. The molecule has 3 nitrogen and oxygen atoms in total. The van der Waals surface area contributed by atoms with Gasteiger partial charge in [-0.1, -0.05) is 26.8 Å². The summed E-state index contributed by atoms with van der Waals surface area (Å²) in [6, 6.07) is 3.92. The zero-order chi connectivity index (χ0) is 15.3. The van der Waals surface area contributed by atoms with Crippen LogP contribution in [0.3, 0.4) is 0 Å². The van der Waals surface area contributed by atoms with E-state index in [1.807, 2.05) is 20.8 Å². The number of alkyl halides is 3. The number of ketones is 1. The van der Waals surface area contributed by atoms with E-state index < -0.39 is 28.7 Å². The maximum Gasteiger partial charge on any atom is 0.455 e. The molecule has 1 atom stereocenters. The molecule has 0 aromatic heterocycles. The largest absolute Gasteiger partial charge is 0.455 e. The molecule has 0 fully saturated rings. The molecule has 1 heterocycles. The first-order valence-electron chi connectivity index (χ1n) is 6.08. The van der Waals surface area contributed by atoms with E-state index >= 15 is 0 Å². The lowest BCUT2D eigenvalue weighted by Gasteiger charge is -2.35. The maximum atomic E-state index is 12.6. The third kappa shape index (κ3) is 2.23. The second kappa shape index (κ2) is 4.14. The molecule has 1 aliphatic rings. The average molecular weight is 288 g/mol. The van der Waals surface area contributed by atoms with Crippen LogP contribution in [0.5, 0.6) is 11.5 Å². The van der Waals surface area contributed by atoms with E-state index in [0.29, 0.717) is 0 Å². The summed E-state index contributed by atoms with van der Waals surface area (Å²) >= 11 is 0. The van der Waals surface area contributed by atoms with Crippen molar-refractivity contribution < 1.29 is 27.4 Å². The molecule has 20 heavy (non-hydrogen) atoms. The number of para-hydroxylation sites is 1. The van der Waals surface area contributed by atoms with Crippen LogP contribution in [-0.2, 0) is 0 Å². The average Bonchev–Trinajstić information content (AvgIpc) is 2.63. The quantitative estimate of drug-likeness (QED) is 0.734. The van der Waals surface area contributed by atoms with Crippen LogP contribution in [0.1, 0.15) is 38.1 Å². The van der Waals surface area contributed by atoms with E-state index in [0.717, 1.165) is 6.07 Å². The van der Waals surface area contributed by atoms with Gasteiger partial charge in [-0.25, -0.2) is 0 Å². The van der Waals surface area contributed by atoms with Crippen molar-refractivity contribution in [1.82, 2.24) is 0 Å². The van der Waals surface area contributed by atoms with Crippen LogP contribution in [0.2, 0.25) is 0 Å². The van der Waals surface area contributed by atoms with Crippen LogP contribution in [-0.4, -0.2) is 17.7 Å². The Morgan fingerprint density at radius 1 is 1.15 bits per heavy atom. The second-order valence-electron chi connectivity index (χ2n) is 5.86. The fourth-order valence-electron chi connectivity index (χ4n) is 1.76. The van der Waals surface area contributed by atoms with Crippen molar-refractivity contribution in [2.75, 3.05) is 0 Å². The van der Waals surface area contributed by atoms with E-state index in [-0.39, 0.29) is 11.5 Å². The Bertz CT molecular complexity index is 558. The maximum absolute atomic E-state index is 12.6. The van der Waals surface area contributed by atoms with E-state index in [4.69, 9.17) is 9.47 Å². The van der Waals surface area contributed by atoms with Gasteiger partial charge in [0.05, 0.1) is 5.56 Å². The normalized spacial score (nSPS) is 21.9. The lowest BCUT2D eigenvalue weighted by atomic mass is 9.87. The van der Waals surface area contributed by atoms with E-state index in [1.165, 1.54) is 12.1 Å². The second-order valence-corrected chi connectivity index (χ2v) is 5.86. The molecule has 0 N–H and O–H groups in total. The van der Waals surface area contributed by atoms with Crippen LogP contribution in [0, 0.1) is 5.41 Å². The van der Waals surface area contributed by atoms with Crippen molar-refractivity contribution >= 4 is 5.78 Å². The van der Waals surface area contributed by atoms with E-state index in [2.05, 4.69) is 0 Å². The molecule has 110 valence electrons. The van der Waals surface area contributed by atoms with Crippen LogP contribution < -0.4 is 9.47 Å². The molecule has 0 bridgehead atoms. The third-order valence-electron chi connectivity index (χ3n) is 3.44. The molecule has 0 radical (unpaired) electrons. The zero-order valence-electron chi connectivity index (χ0n) is 11.6. The molecular formula is C14H15F3O3. The lowest BCUT2D eigenvalue weighted by molar-refractivity contribution is -0.143. The predicted octanol–water partition coefficient (Wildman–Crippen LogP) is 3.97. The highest BCUT2D eigenvalue weighted by atomic mass is 19.4. The molecule has 0 saturated heterocycles. The van der Waals surface area contributed by atoms with Crippen molar-refractivity contribution in [2.24, 2.45) is 5.41 Å². The first-order chi connectivity index (χ1) is 8.96. The Labute approximate surface area is 114 Å². The summed E-state index contributed by atoms with van der Waals surface area (Å²) in [7, 11) is 0. The molecule has 6 heteroatoms. The highest BCUT2D eigenvalue weighted by Gasteiger charge is 2.50. The van der Waals surface area contributed by atoms with Gasteiger partial charge in [-0.05, 0) is 12.1 Å². The molecule has 1 aromatic carbocycles. The Morgan fingerprint density at radius 2 is 1.75 bits per heavy atom. The summed E-state index contributed by atoms with van der Waals surface area (Å²) in [5, 5.41) is 0. The third-order valence-corrected chi connectivity index (χ3v) is 3.44. The van der Waals surface area contributed by atoms with Gasteiger partial charge < -0.3 is 9.47 Å². The Balaban J connectivity index is 2.47. The Morgan fingerprint density at radius 3 is 2.25 bits per heavy atom. The molecule has 1 aromatic rings. The Kier molecular flexibility index (Phi) is 3.04. The monoisotopic (exact) mass is 288 g/mol. The number of Topliss-reactive ketones (excluding diaryl/α,β-unsaturated/α-hetero) is 1. The summed E-state index contributed by atoms with van der Waals surface area (Å²) in [6.07, 6.45) is -4.95. The molecule has 0 aliphatic carbocycles. The van der Waals surface area contributed by atoms with Gasteiger partial charge in [0, 0.05) is 12.3 Å². The van der Waals surface area contributed by atoms with Crippen molar-refractivity contribution in [3.63, 3.8) is 0 Å². The molecule has 1 aliphatic heterocycles. The predicted molar refractivity (Wildman–Crippen MR) is 65.9 cm³/mol. The number of halogens is 3. The van der Waals surface area contributed by atoms with Crippen molar-refractivity contribution in [2.45, 2.75) is 39.7 Å². The fraction of sp³-hybridized carbons (Fsp3) is 0.500. The number of ether oxygens (including phenoxy) is 2. The van der Waals surface area contributed by atoms with Gasteiger partial charge in [0.2, 0.25) is 0 Å². The molecular weight excluding hydrogens is 273 g/mol. The number of carbonyl (C=O) groups excluding carboxylic acids is 1. The number of rotatable bonds is 1. The summed E-state index contributed by atoms with van der Waals surface area (Å²) in [6.45, 7) is 7.15. The number of hydrogen-bond donors (Lipinski definition) is 0. The first kappa shape index (κ1) is 14.7. The topological polar surface area (TPSA) is 35.5 Å². The number of carbonyl (C=O) groups is 1. The standard InChI is InChI=1S/C14H15F3O3/c1-12(2,3)13(4)19-9-7-5-6-8(10(9)20-13)11(18)14(15,16)17/h5-7H,1-4H3. The van der Waals surface area contributed by atoms with Gasteiger partial charge in [0.15, 0.2) is 11.5 Å². The van der Waals surface area contributed by atoms with Gasteiger partial charge in [-0.3, -0.25) is 4.79 Å². The minimum absolute atomic E-state index is 0.146. The van der Waals surface area contributed by atoms with Gasteiger partial charge in [0.25, 0.3) is 11.6 Å². The highest BCUT2D eigenvalue weighted by Crippen LogP contribution is 2.48. The van der Waals surface area contributed by atoms with Crippen LogP contribution in [0.15, 0.2) is 18.2 Å². The summed E-state index contributed by atoms with van der Waals surface area (Å²) < 4.78 is 48.9. The summed E-state index contributed by atoms with van der Waals surface area (Å²) in [5.74, 6) is -3.06. The fourth-order valence-corrected chi connectivity index (χ4v) is 1.76. The van der Waals surface area contributed by atoms with Crippen molar-refractivity contribution in [3.05, 3.63) is 23.8 Å². The van der Waals surface area contributed by atoms with Gasteiger partial charge >= 0.3 is 6.18 Å². The highest BCUT2D eigenvalue weighted by molar-refractivity contribution is 6.03. The minimum atomic E-state index is -4.95. The number of hydrogen-bond acceptors (Lipinski definition) is 3. The van der Waals surface area contributed by atoms with E-state index in [1.54, 1.807) is 6.92 Å². The summed E-state index contributed by atoms with van der Waals surface area (Å²) in [4.78, 5) is 11.4. The summed E-state index contributed by atoms with van der Waals surface area (Å²) in [5.41, 5.74) is -1.01. The van der Waals surface area contributed by atoms with Gasteiger partial charge in [-0.2, -0.15) is 13.2 Å². The van der Waals surface area contributed by atoms with Gasteiger partial charge in [-0.15, -0.1) is 0 Å². The van der Waals surface area contributed by atoms with Crippen LogP contribution in [0.25, 0.3) is 0 Å². The molecule has 0 amide bonds. The van der Waals surface area contributed by atoms with E-state index in [9.17, 15) is 18.0 Å². The first-order valence-corrected chi connectivity index (χ1v) is 6.08. The molecule has 2 rings (SSSR count). The number of fused-ring (bicyclic) bond motifs is 1. The number of benzene rings is 1.